The van der Waals surface area contributed by atoms with Gasteiger partial charge in [-0.1, -0.05) is 19.1 Å². The number of halogens is 1. The van der Waals surface area contributed by atoms with Crippen molar-refractivity contribution in [2.75, 3.05) is 14.2 Å². The first-order chi connectivity index (χ1) is 10.0. The molecule has 1 aromatic rings. The van der Waals surface area contributed by atoms with Gasteiger partial charge in [0.25, 0.3) is 0 Å². The third-order valence-corrected chi connectivity index (χ3v) is 6.09. The fourth-order valence-corrected chi connectivity index (χ4v) is 4.78. The van der Waals surface area contributed by atoms with E-state index in [0.29, 0.717) is 18.0 Å². The number of nitrogens with zero attached hydrogens (tertiary/aromatic N) is 1. The molecule has 2 heterocycles. The topological polar surface area (TPSA) is 29.5 Å². The van der Waals surface area contributed by atoms with Gasteiger partial charge in [-0.15, -0.1) is 0 Å². The number of carbonyl (C=O) groups excluding carboxylic acids is 1. The van der Waals surface area contributed by atoms with Crippen LogP contribution in [0.25, 0.3) is 0 Å². The molecule has 2 aliphatic rings. The Labute approximate surface area is 140 Å². The Hall–Kier alpha value is -0.620. The Morgan fingerprint density at radius 3 is 2.57 bits per heavy atom. The SMILES string of the molecule is COC(=O)C1C(c2ccc(I)cc2)CC2CC(C)C1N2C. The highest BCUT2D eigenvalue weighted by atomic mass is 127. The molecule has 0 N–H and O–H groups in total. The molecule has 5 atom stereocenters. The Morgan fingerprint density at radius 1 is 1.29 bits per heavy atom. The standard InChI is InChI=1S/C17H22INO2/c1-10-8-13-9-14(11-4-6-12(18)7-5-11)15(17(20)21-3)16(10)19(13)2/h4-7,10,13-16H,8-9H2,1-3H3. The number of piperidine rings is 1. The highest BCUT2D eigenvalue weighted by Crippen LogP contribution is 2.48. The van der Waals surface area contributed by atoms with Gasteiger partial charge in [-0.3, -0.25) is 9.69 Å². The van der Waals surface area contributed by atoms with Crippen LogP contribution in [0.1, 0.15) is 31.2 Å². The molecule has 0 aromatic heterocycles. The lowest BCUT2D eigenvalue weighted by Crippen LogP contribution is -2.50. The van der Waals surface area contributed by atoms with Crippen molar-refractivity contribution in [3.8, 4) is 0 Å². The molecule has 114 valence electrons. The second-order valence-corrected chi connectivity index (χ2v) is 7.71. The number of benzene rings is 1. The minimum Gasteiger partial charge on any atom is -0.469 e. The monoisotopic (exact) mass is 399 g/mol. The largest absolute Gasteiger partial charge is 0.469 e. The zero-order chi connectivity index (χ0) is 15.1. The average molecular weight is 399 g/mol. The van der Waals surface area contributed by atoms with Crippen LogP contribution in [0.2, 0.25) is 0 Å². The summed E-state index contributed by atoms with van der Waals surface area (Å²) in [6.45, 7) is 2.27. The van der Waals surface area contributed by atoms with E-state index < -0.39 is 0 Å². The van der Waals surface area contributed by atoms with E-state index in [2.05, 4.69) is 65.7 Å². The molecule has 21 heavy (non-hydrogen) atoms. The van der Waals surface area contributed by atoms with Gasteiger partial charge >= 0.3 is 5.97 Å². The van der Waals surface area contributed by atoms with Gasteiger partial charge in [-0.05, 0) is 66.1 Å². The molecule has 2 saturated heterocycles. The molecule has 0 saturated carbocycles. The van der Waals surface area contributed by atoms with Crippen LogP contribution < -0.4 is 0 Å². The van der Waals surface area contributed by atoms with Crippen LogP contribution in [-0.4, -0.2) is 37.1 Å². The summed E-state index contributed by atoms with van der Waals surface area (Å²) in [6, 6.07) is 9.52. The molecule has 2 fully saturated rings. The Balaban J connectivity index is 1.98. The average Bonchev–Trinajstić information content (AvgIpc) is 2.66. The summed E-state index contributed by atoms with van der Waals surface area (Å²) in [7, 11) is 3.68. The maximum absolute atomic E-state index is 12.4. The minimum atomic E-state index is -0.0531. The van der Waals surface area contributed by atoms with E-state index in [1.807, 2.05) is 0 Å². The lowest BCUT2D eigenvalue weighted by Gasteiger charge is -2.42. The number of ether oxygens (including phenoxy) is 1. The maximum Gasteiger partial charge on any atom is 0.310 e. The minimum absolute atomic E-state index is 0.0474. The molecule has 3 nitrogen and oxygen atoms in total. The van der Waals surface area contributed by atoms with Gasteiger partial charge in [0.2, 0.25) is 0 Å². The summed E-state index contributed by atoms with van der Waals surface area (Å²) in [6.07, 6.45) is 2.24. The van der Waals surface area contributed by atoms with E-state index in [1.54, 1.807) is 0 Å². The summed E-state index contributed by atoms with van der Waals surface area (Å²) >= 11 is 2.32. The van der Waals surface area contributed by atoms with Gasteiger partial charge in [0.1, 0.15) is 0 Å². The first kappa shape index (κ1) is 15.3. The lowest BCUT2D eigenvalue weighted by molar-refractivity contribution is -0.150. The van der Waals surface area contributed by atoms with Crippen molar-refractivity contribution >= 4 is 28.6 Å². The molecule has 0 amide bonds. The van der Waals surface area contributed by atoms with Crippen molar-refractivity contribution in [1.29, 1.82) is 0 Å². The number of rotatable bonds is 2. The number of hydrogen-bond acceptors (Lipinski definition) is 3. The second-order valence-electron chi connectivity index (χ2n) is 6.47. The van der Waals surface area contributed by atoms with Crippen LogP contribution in [-0.2, 0) is 9.53 Å². The van der Waals surface area contributed by atoms with E-state index in [9.17, 15) is 4.79 Å². The molecular formula is C17H22INO2. The van der Waals surface area contributed by atoms with Crippen LogP contribution >= 0.6 is 22.6 Å². The van der Waals surface area contributed by atoms with Crippen molar-refractivity contribution in [3.05, 3.63) is 33.4 Å². The van der Waals surface area contributed by atoms with Crippen LogP contribution in [0.4, 0.5) is 0 Å². The quantitative estimate of drug-likeness (QED) is 0.565. The number of methoxy groups -OCH3 is 1. The fourth-order valence-electron chi connectivity index (χ4n) is 4.42. The molecule has 4 heteroatoms. The molecule has 2 aliphatic heterocycles. The van der Waals surface area contributed by atoms with Crippen LogP contribution in [0.15, 0.2) is 24.3 Å². The third-order valence-electron chi connectivity index (χ3n) is 5.37. The zero-order valence-corrected chi connectivity index (χ0v) is 14.9. The summed E-state index contributed by atoms with van der Waals surface area (Å²) < 4.78 is 6.38. The van der Waals surface area contributed by atoms with Gasteiger partial charge < -0.3 is 4.74 Å². The van der Waals surface area contributed by atoms with Crippen molar-refractivity contribution in [1.82, 2.24) is 4.90 Å². The summed E-state index contributed by atoms with van der Waals surface area (Å²) in [5.74, 6) is 0.736. The number of esters is 1. The Kier molecular flexibility index (Phi) is 4.28. The maximum atomic E-state index is 12.4. The van der Waals surface area contributed by atoms with Gasteiger partial charge in [-0.25, -0.2) is 0 Å². The molecule has 0 radical (unpaired) electrons. The number of hydrogen-bond donors (Lipinski definition) is 0. The van der Waals surface area contributed by atoms with E-state index in [1.165, 1.54) is 22.7 Å². The Morgan fingerprint density at radius 2 is 1.95 bits per heavy atom. The zero-order valence-electron chi connectivity index (χ0n) is 12.8. The summed E-state index contributed by atoms with van der Waals surface area (Å²) in [5, 5.41) is 0. The van der Waals surface area contributed by atoms with Crippen molar-refractivity contribution in [2.45, 2.75) is 37.8 Å². The van der Waals surface area contributed by atoms with Crippen molar-refractivity contribution in [2.24, 2.45) is 11.8 Å². The lowest BCUT2D eigenvalue weighted by atomic mass is 9.75. The molecule has 0 spiro atoms. The first-order valence-electron chi connectivity index (χ1n) is 7.58. The van der Waals surface area contributed by atoms with E-state index in [4.69, 9.17) is 4.74 Å². The number of fused-ring (bicyclic) bond motifs is 2. The fraction of sp³-hybridized carbons (Fsp3) is 0.588. The second kappa shape index (κ2) is 5.88. The highest BCUT2D eigenvalue weighted by Gasteiger charge is 2.52. The van der Waals surface area contributed by atoms with E-state index in [0.717, 1.165) is 6.42 Å². The van der Waals surface area contributed by atoms with Crippen LogP contribution in [0.5, 0.6) is 0 Å². The van der Waals surface area contributed by atoms with Crippen molar-refractivity contribution in [3.63, 3.8) is 0 Å². The molecule has 1 aromatic carbocycles. The third kappa shape index (κ3) is 2.61. The predicted octanol–water partition coefficient (Wildman–Crippen LogP) is 3.28. The molecule has 2 bridgehead atoms. The first-order valence-corrected chi connectivity index (χ1v) is 8.66. The summed E-state index contributed by atoms with van der Waals surface area (Å²) in [4.78, 5) is 14.9. The van der Waals surface area contributed by atoms with E-state index >= 15 is 0 Å². The van der Waals surface area contributed by atoms with E-state index in [-0.39, 0.29) is 17.8 Å². The number of carbonyl (C=O) groups is 1. The van der Waals surface area contributed by atoms with Gasteiger partial charge in [0.15, 0.2) is 0 Å². The summed E-state index contributed by atoms with van der Waals surface area (Å²) in [5.41, 5.74) is 1.28. The normalized spacial score (nSPS) is 35.7. The van der Waals surface area contributed by atoms with Gasteiger partial charge in [-0.2, -0.15) is 0 Å². The Bertz CT molecular complexity index is 530. The molecular weight excluding hydrogens is 377 g/mol. The molecule has 3 rings (SSSR count). The van der Waals surface area contributed by atoms with Crippen LogP contribution in [0.3, 0.4) is 0 Å². The predicted molar refractivity (Wildman–Crippen MR) is 91.1 cm³/mol. The highest BCUT2D eigenvalue weighted by molar-refractivity contribution is 14.1. The molecule has 0 aliphatic carbocycles. The van der Waals surface area contributed by atoms with Crippen LogP contribution in [0, 0.1) is 15.4 Å². The van der Waals surface area contributed by atoms with Gasteiger partial charge in [0.05, 0.1) is 13.0 Å². The van der Waals surface area contributed by atoms with Gasteiger partial charge in [0, 0.05) is 21.6 Å². The molecule has 5 unspecified atom stereocenters. The van der Waals surface area contributed by atoms with Crippen molar-refractivity contribution < 1.29 is 9.53 Å². The smallest absolute Gasteiger partial charge is 0.310 e.